The first-order valence-electron chi connectivity index (χ1n) is 10.8. The van der Waals surface area contributed by atoms with Crippen LogP contribution in [-0.2, 0) is 6.18 Å². The van der Waals surface area contributed by atoms with Gasteiger partial charge in [-0.3, -0.25) is 15.1 Å². The van der Waals surface area contributed by atoms with Crippen LogP contribution in [0, 0.1) is 0 Å². The van der Waals surface area contributed by atoms with Crippen molar-refractivity contribution in [3.63, 3.8) is 0 Å². The second kappa shape index (κ2) is 10.7. The maximum absolute atomic E-state index is 12.9. The molecule has 4 rings (SSSR count). The standard InChI is InChI=1S/C26H20F3N3O4S/c1-34-22-13-19-20(14-23(22)35-2)30-11-10-21(19)36-18-8-6-17(7-9-18)31-25(37)32-24(33)15-4-3-5-16(12-15)26(27,28)29/h3-14H,1-2H3,(H2,31,32,33,37). The highest BCUT2D eigenvalue weighted by Gasteiger charge is 2.31. The Hall–Kier alpha value is -4.38. The van der Waals surface area contributed by atoms with Gasteiger partial charge in [0.15, 0.2) is 16.6 Å². The second-order valence-electron chi connectivity index (χ2n) is 7.65. The van der Waals surface area contributed by atoms with Crippen LogP contribution in [0.2, 0.25) is 0 Å². The van der Waals surface area contributed by atoms with E-state index in [4.69, 9.17) is 26.4 Å². The maximum Gasteiger partial charge on any atom is 0.416 e. The molecule has 0 fully saturated rings. The normalized spacial score (nSPS) is 11.1. The molecule has 0 bridgehead atoms. The summed E-state index contributed by atoms with van der Waals surface area (Å²) in [4.78, 5) is 16.7. The number of halogens is 3. The summed E-state index contributed by atoms with van der Waals surface area (Å²) in [5.41, 5.74) is 0.110. The van der Waals surface area contributed by atoms with E-state index in [2.05, 4.69) is 15.6 Å². The molecule has 2 N–H and O–H groups in total. The number of carbonyl (C=O) groups is 1. The van der Waals surface area contributed by atoms with Crippen molar-refractivity contribution in [1.29, 1.82) is 0 Å². The number of methoxy groups -OCH3 is 2. The van der Waals surface area contributed by atoms with E-state index in [1.165, 1.54) is 6.07 Å². The van der Waals surface area contributed by atoms with E-state index in [0.29, 0.717) is 34.2 Å². The van der Waals surface area contributed by atoms with Crippen molar-refractivity contribution < 1.29 is 32.2 Å². The summed E-state index contributed by atoms with van der Waals surface area (Å²) < 4.78 is 55.4. The van der Waals surface area contributed by atoms with Gasteiger partial charge in [0.25, 0.3) is 5.91 Å². The molecule has 37 heavy (non-hydrogen) atoms. The predicted molar refractivity (Wildman–Crippen MR) is 136 cm³/mol. The minimum absolute atomic E-state index is 0.0720. The van der Waals surface area contributed by atoms with Gasteiger partial charge in [-0.25, -0.2) is 0 Å². The Morgan fingerprint density at radius 3 is 2.30 bits per heavy atom. The van der Waals surface area contributed by atoms with Crippen molar-refractivity contribution >= 4 is 39.8 Å². The molecule has 190 valence electrons. The highest BCUT2D eigenvalue weighted by Crippen LogP contribution is 2.37. The van der Waals surface area contributed by atoms with Gasteiger partial charge in [-0.15, -0.1) is 0 Å². The number of fused-ring (bicyclic) bond motifs is 1. The van der Waals surface area contributed by atoms with Crippen LogP contribution < -0.4 is 24.8 Å². The zero-order chi connectivity index (χ0) is 26.6. The van der Waals surface area contributed by atoms with Gasteiger partial charge in [0.2, 0.25) is 0 Å². The van der Waals surface area contributed by atoms with Crippen molar-refractivity contribution in [2.75, 3.05) is 19.5 Å². The van der Waals surface area contributed by atoms with E-state index in [0.717, 1.165) is 23.6 Å². The van der Waals surface area contributed by atoms with Crippen LogP contribution in [-0.4, -0.2) is 30.2 Å². The van der Waals surface area contributed by atoms with Crippen LogP contribution >= 0.6 is 12.2 Å². The number of alkyl halides is 3. The fourth-order valence-corrected chi connectivity index (χ4v) is 3.65. The Labute approximate surface area is 215 Å². The van der Waals surface area contributed by atoms with Crippen molar-refractivity contribution in [3.8, 4) is 23.0 Å². The molecular formula is C26H20F3N3O4S. The summed E-state index contributed by atoms with van der Waals surface area (Å²) in [5.74, 6) is 1.39. The van der Waals surface area contributed by atoms with Crippen molar-refractivity contribution in [2.24, 2.45) is 0 Å². The number of hydrogen-bond acceptors (Lipinski definition) is 6. The lowest BCUT2D eigenvalue weighted by Crippen LogP contribution is -2.34. The monoisotopic (exact) mass is 527 g/mol. The zero-order valence-electron chi connectivity index (χ0n) is 19.6. The maximum atomic E-state index is 12.9. The lowest BCUT2D eigenvalue weighted by molar-refractivity contribution is -0.137. The molecule has 11 heteroatoms. The average molecular weight is 528 g/mol. The van der Waals surface area contributed by atoms with Crippen LogP contribution in [0.25, 0.3) is 10.9 Å². The van der Waals surface area contributed by atoms with Gasteiger partial charge in [-0.2, -0.15) is 13.2 Å². The van der Waals surface area contributed by atoms with E-state index in [-0.39, 0.29) is 10.7 Å². The summed E-state index contributed by atoms with van der Waals surface area (Å²) in [7, 11) is 3.08. The third kappa shape index (κ3) is 6.07. The number of carbonyl (C=O) groups excluding carboxylic acids is 1. The fourth-order valence-electron chi connectivity index (χ4n) is 3.44. The first-order valence-corrected chi connectivity index (χ1v) is 11.2. The minimum Gasteiger partial charge on any atom is -0.493 e. The van der Waals surface area contributed by atoms with Crippen LogP contribution in [0.5, 0.6) is 23.0 Å². The molecule has 1 aromatic heterocycles. The largest absolute Gasteiger partial charge is 0.493 e. The zero-order valence-corrected chi connectivity index (χ0v) is 20.4. The molecule has 0 radical (unpaired) electrons. The molecule has 0 spiro atoms. The average Bonchev–Trinajstić information content (AvgIpc) is 2.88. The summed E-state index contributed by atoms with van der Waals surface area (Å²) in [6.45, 7) is 0. The molecule has 0 unspecified atom stereocenters. The van der Waals surface area contributed by atoms with Crippen molar-refractivity contribution in [1.82, 2.24) is 10.3 Å². The number of anilines is 1. The smallest absolute Gasteiger partial charge is 0.416 e. The molecule has 0 atom stereocenters. The summed E-state index contributed by atoms with van der Waals surface area (Å²) >= 11 is 5.13. The summed E-state index contributed by atoms with van der Waals surface area (Å²) in [6.07, 6.45) is -2.94. The van der Waals surface area contributed by atoms with Gasteiger partial charge in [0, 0.05) is 28.9 Å². The molecule has 3 aromatic carbocycles. The van der Waals surface area contributed by atoms with Crippen molar-refractivity contribution in [2.45, 2.75) is 6.18 Å². The lowest BCUT2D eigenvalue weighted by atomic mass is 10.1. The molecule has 0 saturated heterocycles. The van der Waals surface area contributed by atoms with Gasteiger partial charge in [0.05, 0.1) is 25.3 Å². The molecule has 0 aliphatic carbocycles. The third-order valence-corrected chi connectivity index (χ3v) is 5.43. The molecule has 4 aromatic rings. The molecule has 1 heterocycles. The molecule has 0 saturated carbocycles. The first kappa shape index (κ1) is 25.7. The fraction of sp³-hybridized carbons (Fsp3) is 0.115. The van der Waals surface area contributed by atoms with Crippen LogP contribution in [0.3, 0.4) is 0 Å². The molecule has 0 aliphatic rings. The highest BCUT2D eigenvalue weighted by molar-refractivity contribution is 7.80. The molecule has 7 nitrogen and oxygen atoms in total. The number of aromatic nitrogens is 1. The number of benzene rings is 3. The van der Waals surface area contributed by atoms with Gasteiger partial charge in [0.1, 0.15) is 11.5 Å². The quantitative estimate of drug-likeness (QED) is 0.290. The van der Waals surface area contributed by atoms with E-state index in [1.807, 2.05) is 0 Å². The Bertz CT molecular complexity index is 1460. The summed E-state index contributed by atoms with van der Waals surface area (Å²) in [5, 5.41) is 5.84. The van der Waals surface area contributed by atoms with Crippen molar-refractivity contribution in [3.05, 3.63) is 84.1 Å². The van der Waals surface area contributed by atoms with E-state index in [1.54, 1.807) is 62.9 Å². The Balaban J connectivity index is 1.43. The Morgan fingerprint density at radius 1 is 0.919 bits per heavy atom. The van der Waals surface area contributed by atoms with Gasteiger partial charge in [-0.1, -0.05) is 6.07 Å². The predicted octanol–water partition coefficient (Wildman–Crippen LogP) is 6.19. The molecular weight excluding hydrogens is 507 g/mol. The number of hydrogen-bond donors (Lipinski definition) is 2. The number of rotatable bonds is 6. The van der Waals surface area contributed by atoms with E-state index >= 15 is 0 Å². The lowest BCUT2D eigenvalue weighted by Gasteiger charge is -2.13. The number of nitrogens with zero attached hydrogens (tertiary/aromatic N) is 1. The number of ether oxygens (including phenoxy) is 3. The van der Waals surface area contributed by atoms with Gasteiger partial charge in [-0.05, 0) is 66.8 Å². The Kier molecular flexibility index (Phi) is 7.44. The first-order chi connectivity index (χ1) is 17.7. The highest BCUT2D eigenvalue weighted by atomic mass is 32.1. The summed E-state index contributed by atoms with van der Waals surface area (Å²) in [6, 6.07) is 16.0. The van der Waals surface area contributed by atoms with Crippen LogP contribution in [0.1, 0.15) is 15.9 Å². The second-order valence-corrected chi connectivity index (χ2v) is 8.05. The Morgan fingerprint density at radius 2 is 1.62 bits per heavy atom. The van der Waals surface area contributed by atoms with Gasteiger partial charge >= 0.3 is 6.18 Å². The SMILES string of the molecule is COc1cc2nccc(Oc3ccc(NC(=S)NC(=O)c4cccc(C(F)(F)F)c4)cc3)c2cc1OC. The third-order valence-electron chi connectivity index (χ3n) is 5.23. The number of pyridine rings is 1. The minimum atomic E-state index is -4.56. The van der Waals surface area contributed by atoms with E-state index in [9.17, 15) is 18.0 Å². The topological polar surface area (TPSA) is 81.7 Å². The van der Waals surface area contributed by atoms with Gasteiger partial charge < -0.3 is 19.5 Å². The number of thiocarbonyl (C=S) groups is 1. The molecule has 0 aliphatic heterocycles. The number of amides is 1. The molecule has 1 amide bonds. The number of nitrogens with one attached hydrogen (secondary N) is 2. The van der Waals surface area contributed by atoms with Crippen LogP contribution in [0.4, 0.5) is 18.9 Å². The van der Waals surface area contributed by atoms with Crippen LogP contribution in [0.15, 0.2) is 72.9 Å². The van der Waals surface area contributed by atoms with E-state index < -0.39 is 17.6 Å².